The van der Waals surface area contributed by atoms with Crippen LogP contribution in [0.5, 0.6) is 5.75 Å². The average molecular weight is 412 g/mol. The molecular weight excluding hydrogens is 384 g/mol. The van der Waals surface area contributed by atoms with E-state index in [9.17, 15) is 9.59 Å². The Labute approximate surface area is 176 Å². The summed E-state index contributed by atoms with van der Waals surface area (Å²) in [4.78, 5) is 23.0. The van der Waals surface area contributed by atoms with E-state index in [0.29, 0.717) is 23.0 Å². The minimum Gasteiger partial charge on any atom is -0.495 e. The van der Waals surface area contributed by atoms with Crippen LogP contribution in [0.1, 0.15) is 42.7 Å². The summed E-state index contributed by atoms with van der Waals surface area (Å²) >= 11 is 0. The molecule has 2 amide bonds. The van der Waals surface area contributed by atoms with Crippen LogP contribution in [0, 0.1) is 6.92 Å². The second-order valence-corrected chi connectivity index (χ2v) is 7.58. The fourth-order valence-corrected chi connectivity index (χ4v) is 3.79. The molecule has 3 N–H and O–H groups in total. The number of urea groups is 1. The maximum Gasteiger partial charge on any atom is 0.329 e. The van der Waals surface area contributed by atoms with Gasteiger partial charge in [0, 0.05) is 5.69 Å². The van der Waals surface area contributed by atoms with Crippen molar-refractivity contribution in [3.8, 4) is 5.75 Å². The summed E-state index contributed by atoms with van der Waals surface area (Å²) in [5.41, 5.74) is 3.58. The number of benzene rings is 2. The van der Waals surface area contributed by atoms with Crippen LogP contribution in [-0.2, 0) is 9.53 Å². The molecule has 7 nitrogen and oxygen atoms in total. The Kier molecular flexibility index (Phi) is 7.30. The Morgan fingerprint density at radius 2 is 1.73 bits per heavy atom. The molecule has 0 spiro atoms. The predicted octanol–water partition coefficient (Wildman–Crippen LogP) is 4.78. The number of hydrogen-bond acceptors (Lipinski definition) is 4. The van der Waals surface area contributed by atoms with Crippen molar-refractivity contribution >= 4 is 23.4 Å². The van der Waals surface area contributed by atoms with Gasteiger partial charge in [0.15, 0.2) is 0 Å². The SMILES string of the molecule is COc1ccc(C)cc1NC(=O)Nc1ccc(C2CCC(OCC(=O)O)CC2)cc1. The van der Waals surface area contributed by atoms with E-state index >= 15 is 0 Å². The van der Waals surface area contributed by atoms with Crippen LogP contribution in [0.2, 0.25) is 0 Å². The first-order valence-electron chi connectivity index (χ1n) is 10.1. The number of aliphatic carboxylic acids is 1. The van der Waals surface area contributed by atoms with Gasteiger partial charge in [0.05, 0.1) is 18.9 Å². The summed E-state index contributed by atoms with van der Waals surface area (Å²) in [5.74, 6) is 0.105. The number of hydrogen-bond donors (Lipinski definition) is 3. The van der Waals surface area contributed by atoms with Crippen molar-refractivity contribution in [2.24, 2.45) is 0 Å². The van der Waals surface area contributed by atoms with Gasteiger partial charge in [0.1, 0.15) is 12.4 Å². The van der Waals surface area contributed by atoms with E-state index in [1.54, 1.807) is 7.11 Å². The predicted molar refractivity (Wildman–Crippen MR) is 115 cm³/mol. The van der Waals surface area contributed by atoms with Crippen LogP contribution in [-0.4, -0.2) is 36.9 Å². The first-order valence-corrected chi connectivity index (χ1v) is 10.1. The van der Waals surface area contributed by atoms with Gasteiger partial charge in [-0.1, -0.05) is 18.2 Å². The fourth-order valence-electron chi connectivity index (χ4n) is 3.79. The molecule has 30 heavy (non-hydrogen) atoms. The Bertz CT molecular complexity index is 874. The van der Waals surface area contributed by atoms with E-state index in [0.717, 1.165) is 31.2 Å². The van der Waals surface area contributed by atoms with Gasteiger partial charge >= 0.3 is 12.0 Å². The molecule has 0 aromatic heterocycles. The third-order valence-electron chi connectivity index (χ3n) is 5.36. The van der Waals surface area contributed by atoms with Crippen LogP contribution in [0.4, 0.5) is 16.2 Å². The van der Waals surface area contributed by atoms with Crippen LogP contribution in [0.15, 0.2) is 42.5 Å². The van der Waals surface area contributed by atoms with E-state index in [1.807, 2.05) is 49.4 Å². The minimum atomic E-state index is -0.926. The first kappa shape index (κ1) is 21.6. The number of rotatable bonds is 7. The molecule has 3 rings (SSSR count). The number of carboxylic acid groups (broad SMARTS) is 1. The Balaban J connectivity index is 1.52. The van der Waals surface area contributed by atoms with E-state index in [1.165, 1.54) is 5.56 Å². The summed E-state index contributed by atoms with van der Waals surface area (Å²) in [6.45, 7) is 1.72. The number of ether oxygens (including phenoxy) is 2. The van der Waals surface area contributed by atoms with E-state index < -0.39 is 5.97 Å². The van der Waals surface area contributed by atoms with Crippen molar-refractivity contribution in [1.29, 1.82) is 0 Å². The summed E-state index contributed by atoms with van der Waals surface area (Å²) in [7, 11) is 1.57. The number of amides is 2. The number of methoxy groups -OCH3 is 1. The molecule has 0 atom stereocenters. The molecule has 1 aliphatic carbocycles. The van der Waals surface area contributed by atoms with Crippen molar-refractivity contribution < 1.29 is 24.2 Å². The summed E-state index contributed by atoms with van der Waals surface area (Å²) in [6.07, 6.45) is 3.67. The largest absolute Gasteiger partial charge is 0.495 e. The Hall–Kier alpha value is -3.06. The van der Waals surface area contributed by atoms with Crippen LogP contribution in [0.3, 0.4) is 0 Å². The van der Waals surface area contributed by atoms with Gasteiger partial charge < -0.3 is 25.2 Å². The summed E-state index contributed by atoms with van der Waals surface area (Å²) in [5, 5.41) is 14.4. The second-order valence-electron chi connectivity index (χ2n) is 7.58. The Morgan fingerprint density at radius 1 is 1.03 bits per heavy atom. The highest BCUT2D eigenvalue weighted by Gasteiger charge is 2.23. The molecule has 1 aliphatic rings. The summed E-state index contributed by atoms with van der Waals surface area (Å²) < 4.78 is 10.7. The molecule has 0 radical (unpaired) electrons. The highest BCUT2D eigenvalue weighted by atomic mass is 16.5. The summed E-state index contributed by atoms with van der Waals surface area (Å²) in [6, 6.07) is 13.1. The average Bonchev–Trinajstić information content (AvgIpc) is 2.73. The minimum absolute atomic E-state index is 0.0283. The standard InChI is InChI=1S/C23H28N2O5/c1-15-3-12-21(29-2)20(13-15)25-23(28)24-18-8-4-16(5-9-18)17-6-10-19(11-7-17)30-14-22(26)27/h3-5,8-9,12-13,17,19H,6-7,10-11,14H2,1-2H3,(H,26,27)(H2,24,25,28). The molecule has 0 aliphatic heterocycles. The second kappa shape index (κ2) is 10.1. The van der Waals surface area contributed by atoms with Gasteiger partial charge in [-0.3, -0.25) is 0 Å². The molecule has 0 bridgehead atoms. The molecule has 0 heterocycles. The van der Waals surface area contributed by atoms with Crippen molar-refractivity contribution in [3.63, 3.8) is 0 Å². The lowest BCUT2D eigenvalue weighted by Crippen LogP contribution is -2.23. The quantitative estimate of drug-likeness (QED) is 0.608. The monoisotopic (exact) mass is 412 g/mol. The number of nitrogens with one attached hydrogen (secondary N) is 2. The Morgan fingerprint density at radius 3 is 2.37 bits per heavy atom. The molecular formula is C23H28N2O5. The number of aryl methyl sites for hydroxylation is 1. The molecule has 2 aromatic carbocycles. The van der Waals surface area contributed by atoms with E-state index in [2.05, 4.69) is 10.6 Å². The molecule has 1 fully saturated rings. The van der Waals surface area contributed by atoms with Gasteiger partial charge in [-0.05, 0) is 73.9 Å². The van der Waals surface area contributed by atoms with E-state index in [4.69, 9.17) is 14.6 Å². The van der Waals surface area contributed by atoms with Gasteiger partial charge in [0.25, 0.3) is 0 Å². The molecule has 7 heteroatoms. The van der Waals surface area contributed by atoms with Gasteiger partial charge in [-0.15, -0.1) is 0 Å². The van der Waals surface area contributed by atoms with Crippen LogP contribution < -0.4 is 15.4 Å². The molecule has 0 saturated heterocycles. The lowest BCUT2D eigenvalue weighted by atomic mass is 9.82. The normalized spacial score (nSPS) is 18.5. The molecule has 1 saturated carbocycles. The third kappa shape index (κ3) is 5.97. The topological polar surface area (TPSA) is 96.9 Å². The van der Waals surface area contributed by atoms with Gasteiger partial charge in [0.2, 0.25) is 0 Å². The van der Waals surface area contributed by atoms with Crippen LogP contribution in [0.25, 0.3) is 0 Å². The third-order valence-corrected chi connectivity index (χ3v) is 5.36. The molecule has 0 unspecified atom stereocenters. The number of anilines is 2. The first-order chi connectivity index (χ1) is 14.4. The maximum absolute atomic E-state index is 12.4. The zero-order valence-electron chi connectivity index (χ0n) is 17.3. The zero-order chi connectivity index (χ0) is 21.5. The smallest absolute Gasteiger partial charge is 0.329 e. The van der Waals surface area contributed by atoms with Crippen molar-refractivity contribution in [1.82, 2.24) is 0 Å². The highest BCUT2D eigenvalue weighted by Crippen LogP contribution is 2.34. The number of carboxylic acids is 1. The number of carbonyl (C=O) groups is 2. The van der Waals surface area contributed by atoms with Crippen molar-refractivity contribution in [2.75, 3.05) is 24.4 Å². The van der Waals surface area contributed by atoms with Crippen LogP contribution >= 0.6 is 0 Å². The lowest BCUT2D eigenvalue weighted by Gasteiger charge is -2.28. The maximum atomic E-state index is 12.4. The van der Waals surface area contributed by atoms with Crippen molar-refractivity contribution in [3.05, 3.63) is 53.6 Å². The molecule has 2 aromatic rings. The lowest BCUT2D eigenvalue weighted by molar-refractivity contribution is -0.145. The van der Waals surface area contributed by atoms with Crippen molar-refractivity contribution in [2.45, 2.75) is 44.6 Å². The zero-order valence-corrected chi connectivity index (χ0v) is 17.3. The van der Waals surface area contributed by atoms with Gasteiger partial charge in [-0.2, -0.15) is 0 Å². The molecule has 160 valence electrons. The van der Waals surface area contributed by atoms with Gasteiger partial charge in [-0.25, -0.2) is 9.59 Å². The van der Waals surface area contributed by atoms with E-state index in [-0.39, 0.29) is 18.7 Å². The number of carbonyl (C=O) groups excluding carboxylic acids is 1. The fraction of sp³-hybridized carbons (Fsp3) is 0.391. The highest BCUT2D eigenvalue weighted by molar-refractivity contribution is 6.00.